The van der Waals surface area contributed by atoms with Gasteiger partial charge < -0.3 is 5.32 Å². The zero-order valence-corrected chi connectivity index (χ0v) is 13.3. The first-order valence-electron chi connectivity index (χ1n) is 7.37. The van der Waals surface area contributed by atoms with Crippen LogP contribution in [0, 0.1) is 6.92 Å². The highest BCUT2D eigenvalue weighted by Crippen LogP contribution is 2.27. The summed E-state index contributed by atoms with van der Waals surface area (Å²) in [6.07, 6.45) is 3.46. The van der Waals surface area contributed by atoms with Crippen molar-refractivity contribution in [1.29, 1.82) is 0 Å². The quantitative estimate of drug-likeness (QED) is 0.840. The smallest absolute Gasteiger partial charge is 0.0776 e. The van der Waals surface area contributed by atoms with E-state index in [1.807, 2.05) is 6.92 Å². The van der Waals surface area contributed by atoms with Gasteiger partial charge in [0, 0.05) is 0 Å². The zero-order valence-electron chi connectivity index (χ0n) is 12.5. The van der Waals surface area contributed by atoms with Crippen LogP contribution < -0.4 is 5.32 Å². The molecule has 0 aliphatic heterocycles. The van der Waals surface area contributed by atoms with Gasteiger partial charge in [-0.15, -0.1) is 5.10 Å². The number of nitrogens with zero attached hydrogens (tertiary/aromatic N) is 2. The van der Waals surface area contributed by atoms with Gasteiger partial charge in [-0.05, 0) is 49.0 Å². The molecule has 1 heterocycles. The van der Waals surface area contributed by atoms with Gasteiger partial charge in [-0.2, -0.15) is 0 Å². The molecule has 0 saturated carbocycles. The van der Waals surface area contributed by atoms with E-state index < -0.39 is 0 Å². The molecule has 2 aromatic rings. The summed E-state index contributed by atoms with van der Waals surface area (Å²) >= 11 is 1.49. The van der Waals surface area contributed by atoms with E-state index in [4.69, 9.17) is 0 Å². The third-order valence-electron chi connectivity index (χ3n) is 3.40. The van der Waals surface area contributed by atoms with Gasteiger partial charge in [0.15, 0.2) is 0 Å². The Morgan fingerprint density at radius 3 is 2.45 bits per heavy atom. The van der Waals surface area contributed by atoms with Crippen LogP contribution in [0.25, 0.3) is 0 Å². The second-order valence-electron chi connectivity index (χ2n) is 5.10. The number of hydrogen-bond acceptors (Lipinski definition) is 4. The van der Waals surface area contributed by atoms with Gasteiger partial charge in [0.2, 0.25) is 0 Å². The van der Waals surface area contributed by atoms with Crippen LogP contribution in [-0.4, -0.2) is 16.1 Å². The van der Waals surface area contributed by atoms with Gasteiger partial charge in [0.1, 0.15) is 0 Å². The minimum atomic E-state index is 0.214. The van der Waals surface area contributed by atoms with Crippen molar-refractivity contribution in [1.82, 2.24) is 14.9 Å². The summed E-state index contributed by atoms with van der Waals surface area (Å²) in [6, 6.07) is 9.16. The van der Waals surface area contributed by atoms with Crippen molar-refractivity contribution in [3.8, 4) is 0 Å². The zero-order chi connectivity index (χ0) is 14.4. The van der Waals surface area contributed by atoms with Gasteiger partial charge >= 0.3 is 0 Å². The van der Waals surface area contributed by atoms with Gasteiger partial charge in [0.25, 0.3) is 0 Å². The van der Waals surface area contributed by atoms with Crippen LogP contribution >= 0.6 is 11.5 Å². The number of hydrogen-bond donors (Lipinski definition) is 1. The number of aryl methyl sites for hydroxylation is 2. The maximum atomic E-state index is 4.15. The van der Waals surface area contributed by atoms with Gasteiger partial charge in [-0.3, -0.25) is 0 Å². The normalized spacial score (nSPS) is 12.6. The van der Waals surface area contributed by atoms with E-state index in [0.717, 1.165) is 25.1 Å². The molecule has 4 heteroatoms. The summed E-state index contributed by atoms with van der Waals surface area (Å²) in [7, 11) is 0. The molecule has 1 N–H and O–H groups in total. The average Bonchev–Trinajstić information content (AvgIpc) is 2.88. The number of benzene rings is 1. The molecular formula is C16H23N3S. The lowest BCUT2D eigenvalue weighted by Gasteiger charge is -2.18. The second-order valence-corrected chi connectivity index (χ2v) is 5.89. The summed E-state index contributed by atoms with van der Waals surface area (Å²) in [5, 5.41) is 7.76. The first-order chi connectivity index (χ1) is 9.76. The minimum absolute atomic E-state index is 0.214. The Bertz CT molecular complexity index is 519. The Balaban J connectivity index is 2.24. The molecule has 20 heavy (non-hydrogen) atoms. The fraction of sp³-hybridized carbons (Fsp3) is 0.500. The van der Waals surface area contributed by atoms with Gasteiger partial charge in [-0.1, -0.05) is 49.0 Å². The Morgan fingerprint density at radius 1 is 1.15 bits per heavy atom. The standard InChI is InChI=1S/C16H23N3S/c1-4-6-13-7-9-14(10-8-13)15(17-11-5-2)16-12(3)18-19-20-16/h7-10,15,17H,4-6,11H2,1-3H3. The molecule has 0 fully saturated rings. The van der Waals surface area contributed by atoms with Crippen LogP contribution in [-0.2, 0) is 6.42 Å². The van der Waals surface area contributed by atoms with Crippen LogP contribution in [0.1, 0.15) is 54.4 Å². The van der Waals surface area contributed by atoms with E-state index in [9.17, 15) is 0 Å². The maximum absolute atomic E-state index is 4.15. The van der Waals surface area contributed by atoms with Gasteiger partial charge in [0.05, 0.1) is 16.6 Å². The third-order valence-corrected chi connectivity index (χ3v) is 4.29. The Labute approximate surface area is 125 Å². The van der Waals surface area contributed by atoms with Gasteiger partial charge in [-0.25, -0.2) is 0 Å². The molecule has 0 amide bonds. The molecule has 1 aromatic carbocycles. The molecule has 3 nitrogen and oxygen atoms in total. The summed E-state index contributed by atoms with van der Waals surface area (Å²) < 4.78 is 4.07. The summed E-state index contributed by atoms with van der Waals surface area (Å²) in [5.41, 5.74) is 3.73. The van der Waals surface area contributed by atoms with Crippen LogP contribution in [0.5, 0.6) is 0 Å². The summed E-state index contributed by atoms with van der Waals surface area (Å²) in [4.78, 5) is 1.22. The van der Waals surface area contributed by atoms with Crippen molar-refractivity contribution in [2.45, 2.75) is 46.1 Å². The Morgan fingerprint density at radius 2 is 1.90 bits per heavy atom. The Hall–Kier alpha value is -1.26. The molecule has 0 saturated heterocycles. The molecule has 1 unspecified atom stereocenters. The lowest BCUT2D eigenvalue weighted by atomic mass is 10.0. The number of nitrogens with one attached hydrogen (secondary N) is 1. The fourth-order valence-electron chi connectivity index (χ4n) is 2.32. The van der Waals surface area contributed by atoms with E-state index in [1.165, 1.54) is 34.0 Å². The van der Waals surface area contributed by atoms with Crippen LogP contribution in [0.4, 0.5) is 0 Å². The predicted molar refractivity (Wildman–Crippen MR) is 85.2 cm³/mol. The molecule has 0 aliphatic rings. The van der Waals surface area contributed by atoms with Crippen molar-refractivity contribution in [3.05, 3.63) is 46.0 Å². The summed E-state index contributed by atoms with van der Waals surface area (Å²) in [5.74, 6) is 0. The Kier molecular flexibility index (Phi) is 5.68. The van der Waals surface area contributed by atoms with E-state index >= 15 is 0 Å². The largest absolute Gasteiger partial charge is 0.305 e. The number of aromatic nitrogens is 2. The lowest BCUT2D eigenvalue weighted by molar-refractivity contribution is 0.602. The van der Waals surface area contributed by atoms with Crippen molar-refractivity contribution >= 4 is 11.5 Å². The minimum Gasteiger partial charge on any atom is -0.305 e. The van der Waals surface area contributed by atoms with Crippen LogP contribution in [0.2, 0.25) is 0 Å². The molecule has 0 aliphatic carbocycles. The van der Waals surface area contributed by atoms with E-state index in [1.54, 1.807) is 0 Å². The topological polar surface area (TPSA) is 37.8 Å². The SMILES string of the molecule is CCCNC(c1ccc(CCC)cc1)c1snnc1C. The third kappa shape index (κ3) is 3.64. The highest BCUT2D eigenvalue weighted by molar-refractivity contribution is 7.05. The summed E-state index contributed by atoms with van der Waals surface area (Å²) in [6.45, 7) is 7.43. The van der Waals surface area contributed by atoms with Crippen molar-refractivity contribution < 1.29 is 0 Å². The molecule has 2 rings (SSSR count). The van der Waals surface area contributed by atoms with Crippen molar-refractivity contribution in [2.24, 2.45) is 0 Å². The first kappa shape index (κ1) is 15.1. The molecule has 108 valence electrons. The molecule has 0 radical (unpaired) electrons. The van der Waals surface area contributed by atoms with Crippen LogP contribution in [0.15, 0.2) is 24.3 Å². The highest BCUT2D eigenvalue weighted by Gasteiger charge is 2.18. The maximum Gasteiger partial charge on any atom is 0.0776 e. The molecule has 1 atom stereocenters. The molecule has 0 spiro atoms. The first-order valence-corrected chi connectivity index (χ1v) is 8.14. The molecule has 0 bridgehead atoms. The lowest BCUT2D eigenvalue weighted by Crippen LogP contribution is -2.23. The average molecular weight is 289 g/mol. The molecular weight excluding hydrogens is 266 g/mol. The fourth-order valence-corrected chi connectivity index (χ4v) is 3.07. The van der Waals surface area contributed by atoms with Crippen molar-refractivity contribution in [3.63, 3.8) is 0 Å². The highest BCUT2D eigenvalue weighted by atomic mass is 32.1. The monoisotopic (exact) mass is 289 g/mol. The second kappa shape index (κ2) is 7.50. The predicted octanol–water partition coefficient (Wildman–Crippen LogP) is 3.89. The van der Waals surface area contributed by atoms with E-state index in [0.29, 0.717) is 0 Å². The van der Waals surface area contributed by atoms with Crippen LogP contribution in [0.3, 0.4) is 0 Å². The van der Waals surface area contributed by atoms with Crippen molar-refractivity contribution in [2.75, 3.05) is 6.54 Å². The molecule has 1 aromatic heterocycles. The van der Waals surface area contributed by atoms with E-state index in [2.05, 4.69) is 53.0 Å². The van der Waals surface area contributed by atoms with E-state index in [-0.39, 0.29) is 6.04 Å². The number of rotatable bonds is 7.